The summed E-state index contributed by atoms with van der Waals surface area (Å²) in [4.78, 5) is 22.5. The Balaban J connectivity index is 1.88. The molecule has 0 fully saturated rings. The zero-order chi connectivity index (χ0) is 23.6. The highest BCUT2D eigenvalue weighted by Gasteiger charge is 2.10. The number of benzene rings is 3. The molecule has 0 spiro atoms. The Hall–Kier alpha value is -3.84. The molecule has 0 aliphatic carbocycles. The number of nitrogens with two attached hydrogens (primary N) is 1. The first kappa shape index (κ1) is 23.8. The fraction of sp³-hybridized carbons (Fsp3) is 0.231. The van der Waals surface area contributed by atoms with Crippen molar-refractivity contribution in [2.75, 3.05) is 25.6 Å². The summed E-state index contributed by atoms with van der Waals surface area (Å²) in [5.41, 5.74) is 10.6. The third-order valence-electron chi connectivity index (χ3n) is 4.98. The van der Waals surface area contributed by atoms with Crippen LogP contribution in [-0.2, 0) is 33.8 Å². The van der Waals surface area contributed by atoms with Crippen molar-refractivity contribution in [2.45, 2.75) is 19.4 Å². The van der Waals surface area contributed by atoms with Gasteiger partial charge in [-0.15, -0.1) is 0 Å². The minimum atomic E-state index is -0.909. The lowest BCUT2D eigenvalue weighted by Crippen LogP contribution is -2.13. The van der Waals surface area contributed by atoms with Crippen molar-refractivity contribution in [3.05, 3.63) is 83.4 Å². The van der Waals surface area contributed by atoms with Crippen LogP contribution in [0.15, 0.2) is 66.7 Å². The van der Waals surface area contributed by atoms with Gasteiger partial charge >= 0.3 is 5.97 Å². The number of hydrogen-bond acceptors (Lipinski definition) is 5. The summed E-state index contributed by atoms with van der Waals surface area (Å²) in [6.45, 7) is 1.47. The van der Waals surface area contributed by atoms with Gasteiger partial charge in [0, 0.05) is 24.9 Å². The number of rotatable bonds is 12. The molecule has 172 valence electrons. The molecule has 0 unspecified atom stereocenters. The Kier molecular flexibility index (Phi) is 8.43. The maximum absolute atomic E-state index is 11.3. The molecule has 7 heteroatoms. The van der Waals surface area contributed by atoms with Crippen LogP contribution >= 0.6 is 0 Å². The molecule has 0 aliphatic rings. The number of carboxylic acids is 1. The quantitative estimate of drug-likeness (QED) is 0.365. The molecular formula is C26H28N2O5. The molecule has 33 heavy (non-hydrogen) atoms. The monoisotopic (exact) mass is 448 g/mol. The summed E-state index contributed by atoms with van der Waals surface area (Å²) in [5.74, 6) is -0.743. The van der Waals surface area contributed by atoms with Crippen LogP contribution in [0.5, 0.6) is 5.75 Å². The third-order valence-corrected chi connectivity index (χ3v) is 4.98. The second-order valence-electron chi connectivity index (χ2n) is 7.65. The second-order valence-corrected chi connectivity index (χ2v) is 7.65. The Morgan fingerprint density at radius 1 is 0.939 bits per heavy atom. The zero-order valence-electron chi connectivity index (χ0n) is 18.5. The molecule has 3 aromatic rings. The van der Waals surface area contributed by atoms with Crippen LogP contribution in [0.25, 0.3) is 11.1 Å². The van der Waals surface area contributed by atoms with E-state index in [9.17, 15) is 9.59 Å². The molecule has 7 nitrogen and oxygen atoms in total. The largest absolute Gasteiger partial charge is 0.489 e. The van der Waals surface area contributed by atoms with E-state index >= 15 is 0 Å². The molecule has 0 radical (unpaired) electrons. The van der Waals surface area contributed by atoms with Crippen molar-refractivity contribution < 1.29 is 24.2 Å². The molecule has 0 aromatic heterocycles. The van der Waals surface area contributed by atoms with Crippen LogP contribution in [-0.4, -0.2) is 37.2 Å². The van der Waals surface area contributed by atoms with Gasteiger partial charge in [0.2, 0.25) is 5.91 Å². The SMILES string of the molecule is COCCNc1cc(COc2ccccc2CC(=O)O)cc(-c2cccc(CC(N)=O)c2)c1. The fourth-order valence-electron chi connectivity index (χ4n) is 3.52. The number of carbonyl (C=O) groups excluding carboxylic acids is 1. The Bertz CT molecular complexity index is 1110. The number of hydrogen-bond donors (Lipinski definition) is 3. The lowest BCUT2D eigenvalue weighted by Gasteiger charge is -2.14. The van der Waals surface area contributed by atoms with E-state index in [2.05, 4.69) is 5.32 Å². The van der Waals surface area contributed by atoms with Gasteiger partial charge in [-0.2, -0.15) is 0 Å². The molecule has 3 aromatic carbocycles. The zero-order valence-corrected chi connectivity index (χ0v) is 18.5. The van der Waals surface area contributed by atoms with Crippen LogP contribution in [0, 0.1) is 0 Å². The highest BCUT2D eigenvalue weighted by atomic mass is 16.5. The summed E-state index contributed by atoms with van der Waals surface area (Å²) < 4.78 is 11.1. The number of ether oxygens (including phenoxy) is 2. The predicted octanol–water partition coefficient (Wildman–Crippen LogP) is 3.65. The second kappa shape index (κ2) is 11.7. The van der Waals surface area contributed by atoms with Crippen LogP contribution in [0.3, 0.4) is 0 Å². The van der Waals surface area contributed by atoms with Gasteiger partial charge in [0.15, 0.2) is 0 Å². The molecule has 4 N–H and O–H groups in total. The average molecular weight is 449 g/mol. The fourth-order valence-corrected chi connectivity index (χ4v) is 3.52. The highest BCUT2D eigenvalue weighted by Crippen LogP contribution is 2.27. The highest BCUT2D eigenvalue weighted by molar-refractivity contribution is 5.78. The lowest BCUT2D eigenvalue weighted by molar-refractivity contribution is -0.136. The Morgan fingerprint density at radius 2 is 1.73 bits per heavy atom. The van der Waals surface area contributed by atoms with E-state index in [1.165, 1.54) is 0 Å². The van der Waals surface area contributed by atoms with Crippen molar-refractivity contribution in [1.29, 1.82) is 0 Å². The first-order chi connectivity index (χ1) is 15.9. The van der Waals surface area contributed by atoms with Crippen LogP contribution in [0.1, 0.15) is 16.7 Å². The number of aliphatic carboxylic acids is 1. The van der Waals surface area contributed by atoms with Crippen molar-refractivity contribution >= 4 is 17.6 Å². The van der Waals surface area contributed by atoms with Gasteiger partial charge in [-0.3, -0.25) is 9.59 Å². The first-order valence-corrected chi connectivity index (χ1v) is 10.6. The van der Waals surface area contributed by atoms with Gasteiger partial charge in [0.05, 0.1) is 19.4 Å². The van der Waals surface area contributed by atoms with Crippen molar-refractivity contribution in [2.24, 2.45) is 5.73 Å². The maximum atomic E-state index is 11.3. The molecule has 0 bridgehead atoms. The summed E-state index contributed by atoms with van der Waals surface area (Å²) in [6, 6.07) is 20.9. The van der Waals surface area contributed by atoms with E-state index in [4.69, 9.17) is 20.3 Å². The predicted molar refractivity (Wildman–Crippen MR) is 127 cm³/mol. The average Bonchev–Trinajstić information content (AvgIpc) is 2.78. The topological polar surface area (TPSA) is 111 Å². The number of carboxylic acid groups (broad SMARTS) is 1. The van der Waals surface area contributed by atoms with Crippen molar-refractivity contribution in [3.63, 3.8) is 0 Å². The van der Waals surface area contributed by atoms with Gasteiger partial charge in [0.25, 0.3) is 0 Å². The van der Waals surface area contributed by atoms with Gasteiger partial charge in [0.1, 0.15) is 12.4 Å². The van der Waals surface area contributed by atoms with E-state index in [1.807, 2.05) is 48.5 Å². The van der Waals surface area contributed by atoms with Gasteiger partial charge in [-0.05, 0) is 46.5 Å². The number of methoxy groups -OCH3 is 1. The number of para-hydroxylation sites is 1. The third kappa shape index (κ3) is 7.36. The van der Waals surface area contributed by atoms with Gasteiger partial charge in [-0.25, -0.2) is 0 Å². The van der Waals surface area contributed by atoms with Crippen molar-refractivity contribution in [3.8, 4) is 16.9 Å². The Morgan fingerprint density at radius 3 is 2.48 bits per heavy atom. The molecule has 0 aliphatic heterocycles. The van der Waals surface area contributed by atoms with Crippen LogP contribution in [0.2, 0.25) is 0 Å². The van der Waals surface area contributed by atoms with Crippen LogP contribution in [0.4, 0.5) is 5.69 Å². The summed E-state index contributed by atoms with van der Waals surface area (Å²) in [7, 11) is 1.65. The number of carbonyl (C=O) groups is 2. The molecule has 3 rings (SSSR count). The standard InChI is InChI=1S/C26H28N2O5/c1-32-10-9-28-23-13-19(17-33-24-8-3-2-6-21(24)16-26(30)31)12-22(15-23)20-7-4-5-18(11-20)14-25(27)29/h2-8,11-13,15,28H,9-10,14,16-17H2,1H3,(H2,27,29)(H,30,31). The number of amides is 1. The van der Waals surface area contributed by atoms with E-state index in [-0.39, 0.29) is 25.4 Å². The van der Waals surface area contributed by atoms with Gasteiger partial charge in [-0.1, -0.05) is 42.5 Å². The molecule has 0 saturated carbocycles. The maximum Gasteiger partial charge on any atom is 0.307 e. The number of primary amides is 1. The molecular weight excluding hydrogens is 420 g/mol. The molecule has 0 saturated heterocycles. The van der Waals surface area contributed by atoms with E-state index in [0.717, 1.165) is 27.9 Å². The van der Waals surface area contributed by atoms with E-state index < -0.39 is 5.97 Å². The van der Waals surface area contributed by atoms with E-state index in [0.29, 0.717) is 24.5 Å². The van der Waals surface area contributed by atoms with Crippen LogP contribution < -0.4 is 15.8 Å². The normalized spacial score (nSPS) is 10.6. The first-order valence-electron chi connectivity index (χ1n) is 10.6. The summed E-state index contributed by atoms with van der Waals surface area (Å²) in [6.07, 6.45) is 0.0721. The smallest absolute Gasteiger partial charge is 0.307 e. The minimum absolute atomic E-state index is 0.104. The van der Waals surface area contributed by atoms with Crippen molar-refractivity contribution in [1.82, 2.24) is 0 Å². The minimum Gasteiger partial charge on any atom is -0.489 e. The number of nitrogens with one attached hydrogen (secondary N) is 1. The lowest BCUT2D eigenvalue weighted by atomic mass is 9.99. The van der Waals surface area contributed by atoms with Gasteiger partial charge < -0.3 is 25.6 Å². The van der Waals surface area contributed by atoms with E-state index in [1.54, 1.807) is 25.3 Å². The molecule has 0 heterocycles. The molecule has 1 amide bonds. The number of anilines is 1. The molecule has 0 atom stereocenters. The summed E-state index contributed by atoms with van der Waals surface area (Å²) >= 11 is 0. The Labute approximate surface area is 193 Å². The summed E-state index contributed by atoms with van der Waals surface area (Å²) in [5, 5.41) is 12.5.